The summed E-state index contributed by atoms with van der Waals surface area (Å²) in [6.07, 6.45) is 0. The van der Waals surface area contributed by atoms with Crippen molar-refractivity contribution in [3.63, 3.8) is 0 Å². The highest BCUT2D eigenvalue weighted by atomic mass is 16.5. The molecule has 6 nitrogen and oxygen atoms in total. The van der Waals surface area contributed by atoms with Crippen LogP contribution in [0.5, 0.6) is 0 Å². The van der Waals surface area contributed by atoms with E-state index in [2.05, 4.69) is 46.8 Å². The highest BCUT2D eigenvalue weighted by Gasteiger charge is 2.10. The van der Waals surface area contributed by atoms with Gasteiger partial charge in [0.1, 0.15) is 11.3 Å². The fourth-order valence-corrected chi connectivity index (χ4v) is 3.25. The molecule has 6 heteroatoms. The highest BCUT2D eigenvalue weighted by Crippen LogP contribution is 2.24. The van der Waals surface area contributed by atoms with Crippen molar-refractivity contribution in [3.05, 3.63) is 71.0 Å². The zero-order valence-electron chi connectivity index (χ0n) is 18.0. The molecule has 2 aromatic carbocycles. The lowest BCUT2D eigenvalue weighted by molar-refractivity contribution is 0.0453. The second-order valence-electron chi connectivity index (χ2n) is 7.00. The molecule has 0 saturated heterocycles. The highest BCUT2D eigenvalue weighted by molar-refractivity contribution is 5.82. The van der Waals surface area contributed by atoms with Crippen molar-refractivity contribution in [2.45, 2.75) is 33.5 Å². The van der Waals surface area contributed by atoms with Crippen LogP contribution in [0, 0.1) is 6.92 Å². The van der Waals surface area contributed by atoms with Gasteiger partial charge in [-0.25, -0.2) is 0 Å². The van der Waals surface area contributed by atoms with Crippen LogP contribution in [0.15, 0.2) is 57.9 Å². The van der Waals surface area contributed by atoms with Crippen LogP contribution >= 0.6 is 0 Å². The lowest BCUT2D eigenvalue weighted by Gasteiger charge is -2.12. The molecule has 3 rings (SSSR count). The van der Waals surface area contributed by atoms with Crippen LogP contribution in [0.25, 0.3) is 11.0 Å². The number of hydrogen-bond donors (Lipinski definition) is 2. The Morgan fingerprint density at radius 1 is 0.967 bits per heavy atom. The first-order valence-electron chi connectivity index (χ1n) is 10.4. The molecule has 0 unspecified atom stereocenters. The Bertz CT molecular complexity index is 965. The molecule has 2 N–H and O–H groups in total. The number of aryl methyl sites for hydroxylation is 1. The molecule has 0 radical (unpaired) electrons. The number of aliphatic imine (C=N–C) groups is 1. The van der Waals surface area contributed by atoms with Crippen LogP contribution in [0.2, 0.25) is 0 Å². The van der Waals surface area contributed by atoms with Gasteiger partial charge in [-0.15, -0.1) is 0 Å². The molecule has 0 saturated carbocycles. The minimum absolute atomic E-state index is 0.577. The summed E-state index contributed by atoms with van der Waals surface area (Å²) < 4.78 is 16.9. The number of guanidine groups is 1. The van der Waals surface area contributed by atoms with Gasteiger partial charge in [-0.3, -0.25) is 4.99 Å². The summed E-state index contributed by atoms with van der Waals surface area (Å²) in [5.74, 6) is 1.65. The van der Waals surface area contributed by atoms with Crippen LogP contribution < -0.4 is 10.6 Å². The van der Waals surface area contributed by atoms with E-state index in [1.165, 1.54) is 5.56 Å². The largest absolute Gasteiger partial charge is 0.459 e. The van der Waals surface area contributed by atoms with Gasteiger partial charge in [0.2, 0.25) is 0 Å². The van der Waals surface area contributed by atoms with Gasteiger partial charge in [-0.1, -0.05) is 42.5 Å². The second-order valence-corrected chi connectivity index (χ2v) is 7.00. The third-order valence-corrected chi connectivity index (χ3v) is 4.88. The Hall–Kier alpha value is -2.83. The van der Waals surface area contributed by atoms with E-state index in [9.17, 15) is 0 Å². The standard InChI is InChI=1S/C24H31N3O3/c1-4-28-12-13-29-17-20-9-7-8-19(14-20)15-26-24(25-3)27-16-23-18(2)21-10-5-6-11-22(21)30-23/h5-11,14H,4,12-13,15-17H2,1-3H3,(H2,25,26,27). The third-order valence-electron chi connectivity index (χ3n) is 4.88. The van der Waals surface area contributed by atoms with Crippen LogP contribution in [0.1, 0.15) is 29.4 Å². The van der Waals surface area contributed by atoms with Gasteiger partial charge < -0.3 is 24.5 Å². The van der Waals surface area contributed by atoms with Gasteiger partial charge >= 0.3 is 0 Å². The van der Waals surface area contributed by atoms with Crippen molar-refractivity contribution in [2.24, 2.45) is 4.99 Å². The minimum atomic E-state index is 0.577. The van der Waals surface area contributed by atoms with E-state index in [1.54, 1.807) is 7.05 Å². The summed E-state index contributed by atoms with van der Waals surface area (Å²) in [6.45, 7) is 7.85. The average Bonchev–Trinajstić information content (AvgIpc) is 3.10. The summed E-state index contributed by atoms with van der Waals surface area (Å²) in [7, 11) is 1.77. The SMILES string of the molecule is CCOCCOCc1cccc(CNC(=NC)NCc2oc3ccccc3c2C)c1. The van der Waals surface area contributed by atoms with Crippen molar-refractivity contribution in [1.29, 1.82) is 0 Å². The number of furan rings is 1. The maximum atomic E-state index is 5.97. The molecule has 3 aromatic rings. The zero-order valence-corrected chi connectivity index (χ0v) is 18.0. The maximum absolute atomic E-state index is 5.97. The van der Waals surface area contributed by atoms with Crippen molar-refractivity contribution in [3.8, 4) is 0 Å². The number of fused-ring (bicyclic) bond motifs is 1. The first kappa shape index (κ1) is 21.9. The quantitative estimate of drug-likeness (QED) is 0.299. The molecule has 0 fully saturated rings. The van der Waals surface area contributed by atoms with E-state index >= 15 is 0 Å². The molecular weight excluding hydrogens is 378 g/mol. The Kier molecular flexibility index (Phi) is 8.30. The van der Waals surface area contributed by atoms with Gasteiger partial charge in [0.05, 0.1) is 26.4 Å². The van der Waals surface area contributed by atoms with E-state index in [0.29, 0.717) is 32.9 Å². The molecule has 0 bridgehead atoms. The normalized spacial score (nSPS) is 11.8. The predicted octanol–water partition coefficient (Wildman–Crippen LogP) is 4.16. The molecular formula is C24H31N3O3. The minimum Gasteiger partial charge on any atom is -0.459 e. The van der Waals surface area contributed by atoms with Crippen LogP contribution in [-0.2, 0) is 29.2 Å². The number of benzene rings is 2. The lowest BCUT2D eigenvalue weighted by Crippen LogP contribution is -2.36. The Balaban J connectivity index is 1.49. The third kappa shape index (κ3) is 6.08. The Morgan fingerprint density at radius 2 is 1.73 bits per heavy atom. The molecule has 0 atom stereocenters. The van der Waals surface area contributed by atoms with E-state index in [4.69, 9.17) is 13.9 Å². The summed E-state index contributed by atoms with van der Waals surface area (Å²) >= 11 is 0. The summed E-state index contributed by atoms with van der Waals surface area (Å²) in [5, 5.41) is 7.84. The molecule has 0 aliphatic carbocycles. The van der Waals surface area contributed by atoms with Crippen molar-refractivity contribution >= 4 is 16.9 Å². The van der Waals surface area contributed by atoms with Gasteiger partial charge in [0, 0.05) is 31.1 Å². The van der Waals surface area contributed by atoms with Gasteiger partial charge in [0.25, 0.3) is 0 Å². The number of rotatable bonds is 10. The van der Waals surface area contributed by atoms with E-state index < -0.39 is 0 Å². The van der Waals surface area contributed by atoms with E-state index in [0.717, 1.165) is 40.4 Å². The summed E-state index contributed by atoms with van der Waals surface area (Å²) in [4.78, 5) is 4.32. The van der Waals surface area contributed by atoms with Gasteiger partial charge in [-0.05, 0) is 31.0 Å². The predicted molar refractivity (Wildman–Crippen MR) is 121 cm³/mol. The molecule has 1 aromatic heterocycles. The lowest BCUT2D eigenvalue weighted by atomic mass is 10.1. The van der Waals surface area contributed by atoms with Crippen LogP contribution in [0.4, 0.5) is 0 Å². The second kappa shape index (κ2) is 11.4. The summed E-state index contributed by atoms with van der Waals surface area (Å²) in [5.41, 5.74) is 4.39. The molecule has 0 amide bonds. The first-order chi connectivity index (χ1) is 14.7. The molecule has 0 spiro atoms. The van der Waals surface area contributed by atoms with Crippen molar-refractivity contribution in [2.75, 3.05) is 26.9 Å². The molecule has 0 aliphatic rings. The Labute approximate surface area is 178 Å². The first-order valence-corrected chi connectivity index (χ1v) is 10.4. The fourth-order valence-electron chi connectivity index (χ4n) is 3.25. The van der Waals surface area contributed by atoms with E-state index in [1.807, 2.05) is 31.2 Å². The van der Waals surface area contributed by atoms with Crippen LogP contribution in [-0.4, -0.2) is 32.8 Å². The molecule has 30 heavy (non-hydrogen) atoms. The van der Waals surface area contributed by atoms with E-state index in [-0.39, 0.29) is 0 Å². The van der Waals surface area contributed by atoms with Gasteiger partial charge in [0.15, 0.2) is 5.96 Å². The van der Waals surface area contributed by atoms with Crippen molar-refractivity contribution < 1.29 is 13.9 Å². The summed E-state index contributed by atoms with van der Waals surface area (Å²) in [6, 6.07) is 16.4. The molecule has 0 aliphatic heterocycles. The van der Waals surface area contributed by atoms with Gasteiger partial charge in [-0.2, -0.15) is 0 Å². The number of nitrogens with zero attached hydrogens (tertiary/aromatic N) is 1. The zero-order chi connectivity index (χ0) is 21.2. The van der Waals surface area contributed by atoms with Crippen molar-refractivity contribution in [1.82, 2.24) is 10.6 Å². The number of para-hydroxylation sites is 1. The number of hydrogen-bond acceptors (Lipinski definition) is 4. The fraction of sp³-hybridized carbons (Fsp3) is 0.375. The van der Waals surface area contributed by atoms with Crippen LogP contribution in [0.3, 0.4) is 0 Å². The smallest absolute Gasteiger partial charge is 0.191 e. The molecule has 160 valence electrons. The number of nitrogens with one attached hydrogen (secondary N) is 2. The number of ether oxygens (including phenoxy) is 2. The average molecular weight is 410 g/mol. The molecule has 1 heterocycles. The topological polar surface area (TPSA) is 68.0 Å². The Morgan fingerprint density at radius 3 is 2.53 bits per heavy atom. The maximum Gasteiger partial charge on any atom is 0.191 e. The monoisotopic (exact) mass is 409 g/mol.